The first-order valence-electron chi connectivity index (χ1n) is 27.5. The van der Waals surface area contributed by atoms with Crippen molar-refractivity contribution in [3.63, 3.8) is 0 Å². The van der Waals surface area contributed by atoms with Crippen molar-refractivity contribution < 1.29 is 88.2 Å². The Hall–Kier alpha value is -5.63. The molecule has 1 saturated heterocycles. The monoisotopic (exact) mass is 1280 g/mol. The minimum absolute atomic E-state index is 0.00818. The number of nitrogen functional groups attached to an aromatic ring is 1. The number of ether oxygens (including phenoxy) is 3. The smallest absolute Gasteiger partial charge is 0.455 e. The van der Waals surface area contributed by atoms with Crippen molar-refractivity contribution in [3.8, 4) is 11.5 Å². The van der Waals surface area contributed by atoms with Crippen molar-refractivity contribution in [2.45, 2.75) is 111 Å². The fourth-order valence-electron chi connectivity index (χ4n) is 12.1. The summed E-state index contributed by atoms with van der Waals surface area (Å²) in [7, 11) is -21.0. The summed E-state index contributed by atoms with van der Waals surface area (Å²) in [6.07, 6.45) is 2.91. The molecular formula is C50H63N11O19P3S2+. The topological polar surface area (TPSA) is 428 Å². The van der Waals surface area contributed by atoms with Crippen molar-refractivity contribution in [1.82, 2.24) is 44.3 Å². The molecule has 2 amide bonds. The Balaban J connectivity index is 0.716. The van der Waals surface area contributed by atoms with Gasteiger partial charge in [-0.1, -0.05) is 12.5 Å². The molecule has 85 heavy (non-hydrogen) atoms. The van der Waals surface area contributed by atoms with Crippen molar-refractivity contribution in [1.29, 1.82) is 0 Å². The number of rotatable bonds is 22. The number of sulfonamides is 1. The van der Waals surface area contributed by atoms with E-state index in [-0.39, 0.29) is 58.7 Å². The van der Waals surface area contributed by atoms with E-state index in [9.17, 15) is 55.4 Å². The molecule has 30 nitrogen and oxygen atoms in total. The van der Waals surface area contributed by atoms with Crippen LogP contribution in [0.2, 0.25) is 0 Å². The van der Waals surface area contributed by atoms with Crippen LogP contribution in [0.15, 0.2) is 52.8 Å². The zero-order valence-corrected chi connectivity index (χ0v) is 49.7. The molecule has 5 aromatic rings. The third-order valence-corrected chi connectivity index (χ3v) is 22.0. The molecule has 6 aliphatic heterocycles. The summed E-state index contributed by atoms with van der Waals surface area (Å²) in [5.74, 6) is 1.04. The molecule has 458 valence electrons. The van der Waals surface area contributed by atoms with E-state index in [0.29, 0.717) is 30.4 Å². The number of nitrogens with zero attached hydrogens (tertiary/aromatic N) is 6. The van der Waals surface area contributed by atoms with Gasteiger partial charge in [0.25, 0.3) is 0 Å². The Morgan fingerprint density at radius 3 is 2.39 bits per heavy atom. The second-order valence-electron chi connectivity index (χ2n) is 21.3. The molecule has 0 radical (unpaired) electrons. The molecular weight excluding hydrogens is 1220 g/mol. The largest absolute Gasteiger partial charge is 0.480 e. The van der Waals surface area contributed by atoms with Crippen molar-refractivity contribution in [2.75, 3.05) is 63.1 Å². The summed E-state index contributed by atoms with van der Waals surface area (Å²) in [4.78, 5) is 78.8. The third kappa shape index (κ3) is 13.0. The van der Waals surface area contributed by atoms with Crippen LogP contribution >= 0.6 is 23.3 Å². The highest BCUT2D eigenvalue weighted by atomic mass is 32.2. The molecule has 7 atom stereocenters. The molecule has 0 spiro atoms. The highest BCUT2D eigenvalue weighted by Gasteiger charge is 2.50. The van der Waals surface area contributed by atoms with E-state index in [2.05, 4.69) is 56.2 Å². The summed E-state index contributed by atoms with van der Waals surface area (Å²) in [6.45, 7) is 2.47. The van der Waals surface area contributed by atoms with Gasteiger partial charge in [0.05, 0.1) is 28.3 Å². The quantitative estimate of drug-likeness (QED) is 0.0198. The number of aromatic nitrogens is 4. The molecule has 6 aliphatic rings. The second kappa shape index (κ2) is 24.5. The summed E-state index contributed by atoms with van der Waals surface area (Å²) in [6, 6.07) is 8.74. The van der Waals surface area contributed by atoms with E-state index in [1.807, 2.05) is 0 Å². The Morgan fingerprint density at radius 1 is 0.871 bits per heavy atom. The molecule has 11 rings (SSSR count). The van der Waals surface area contributed by atoms with Crippen LogP contribution in [0.1, 0.15) is 91.0 Å². The maximum absolute atomic E-state index is 14.7. The van der Waals surface area contributed by atoms with Gasteiger partial charge >= 0.3 is 29.4 Å². The van der Waals surface area contributed by atoms with Crippen LogP contribution in [0.5, 0.6) is 11.5 Å². The fourth-order valence-corrected chi connectivity index (χ4v) is 17.3. The number of carbonyl (C=O) groups is 2. The number of aryl methyl sites for hydroxylation is 2. The number of aliphatic hydroxyl groups is 1. The van der Waals surface area contributed by atoms with Gasteiger partial charge in [-0.05, 0) is 81.2 Å². The predicted octanol–water partition coefficient (Wildman–Crippen LogP) is 1.35. The molecule has 35 heteroatoms. The first-order valence-corrected chi connectivity index (χ1v) is 34.8. The highest BCUT2D eigenvalue weighted by molar-refractivity contribution is 7.89. The lowest BCUT2D eigenvalue weighted by molar-refractivity contribution is -0.121. The van der Waals surface area contributed by atoms with E-state index in [1.165, 1.54) is 45.2 Å². The van der Waals surface area contributed by atoms with Crippen LogP contribution in [-0.2, 0) is 83.6 Å². The fraction of sp³-hybridized carbons (Fsp3) is 0.480. The Kier molecular flexibility index (Phi) is 17.6. The number of alkyl carbamates (subject to hydrolysis) is 1. The maximum Gasteiger partial charge on any atom is 0.480 e. The highest BCUT2D eigenvalue weighted by Crippen LogP contribution is 2.61. The van der Waals surface area contributed by atoms with Crippen LogP contribution in [0.3, 0.4) is 0 Å². The van der Waals surface area contributed by atoms with Crippen LogP contribution in [0.4, 0.5) is 16.3 Å². The number of nitrogens with two attached hydrogens (primary N) is 1. The summed E-state index contributed by atoms with van der Waals surface area (Å²) >= 11 is -2.50. The molecule has 0 aliphatic carbocycles. The number of fused-ring (bicyclic) bond motifs is 5. The average molecular weight is 1280 g/mol. The number of amides is 2. The molecule has 0 bridgehead atoms. The van der Waals surface area contributed by atoms with Gasteiger partial charge in [0, 0.05) is 90.7 Å². The number of hydrogen-bond acceptors (Lipinski definition) is 19. The first-order chi connectivity index (χ1) is 40.5. The molecule has 2 aromatic heterocycles. The zero-order chi connectivity index (χ0) is 60.2. The van der Waals surface area contributed by atoms with E-state index in [0.717, 1.165) is 122 Å². The number of phosphoric acid groups is 1. The van der Waals surface area contributed by atoms with E-state index in [1.54, 1.807) is 6.07 Å². The molecule has 1 fully saturated rings. The lowest BCUT2D eigenvalue weighted by Gasteiger charge is -2.39. The number of unbranched alkanes of at least 4 members (excludes halogenated alkanes) is 2. The number of aliphatic hydroxyl groups excluding tert-OH is 1. The molecule has 3 unspecified atom stereocenters. The van der Waals surface area contributed by atoms with Crippen LogP contribution < -0.4 is 50.7 Å². The lowest BCUT2D eigenvalue weighted by Crippen LogP contribution is -2.45. The van der Waals surface area contributed by atoms with Gasteiger partial charge in [-0.2, -0.15) is 4.31 Å². The zero-order valence-electron chi connectivity index (χ0n) is 45.4. The normalized spacial score (nSPS) is 21.6. The average Bonchev–Trinajstić information content (AvgIpc) is 2.28. The minimum atomic E-state index is -5.64. The Labute approximate surface area is 487 Å². The molecule has 12 N–H and O–H groups in total. The van der Waals surface area contributed by atoms with E-state index >= 15 is 0 Å². The summed E-state index contributed by atoms with van der Waals surface area (Å²) < 4.78 is 122. The summed E-state index contributed by atoms with van der Waals surface area (Å²) in [5, 5.41) is 18.4. The van der Waals surface area contributed by atoms with Gasteiger partial charge in [-0.25, -0.2) is 55.4 Å². The van der Waals surface area contributed by atoms with Crippen LogP contribution in [0, 0.1) is 0 Å². The third-order valence-electron chi connectivity index (χ3n) is 15.6. The minimum Gasteiger partial charge on any atom is -0.455 e. The van der Waals surface area contributed by atoms with Crippen molar-refractivity contribution >= 4 is 84.7 Å². The van der Waals surface area contributed by atoms with Crippen molar-refractivity contribution in [3.05, 3.63) is 86.9 Å². The SMILES string of the molecule is Nc1ncnc2c1ncn2[C@@H]1O[C@H](COP(=O)(O)OP(=O)(O)NP(=O)(O)O)[C@@H](O)[C@H]1OC(=O)NCCNC(=O)CCCCCNS(=O)(=O)c1cc(S(=O)O)ccc1C1=c2cc3c4c(c2Oc2c1cc1c5c2CCCN5CCC1)CCC[N+]=4CCC3. The number of phosphoric ester groups is 1. The standard InChI is InChI=1S/C50H62N11O19P3S2/c51-47-40-48(55-26-54-47)61(27-56-40)49-46(43(63)36(77-49)25-76-83(70,71)80-82(68,69)58-81(65,66)67)79-50(64)53-17-16-52-38(62)12-2-1-3-15-57-85(74,75)37-24-30(84(72)73)13-14-31(37)39-34-22-28-8-4-18-59-20-6-10-32(41(28)59)44(34)78-45-33-11-7-21-60-19-5-9-29(42(33)60)23-35(39)45/h13-14,22-24,26-27,36,43,46,49,57,63H,1-12,15-21,25H2,(H9-,51,52,53,54,55,58,62,64,65,66,67,68,69,70,71,72,73)/p+1/t36-,43-,46-,49-/m1/s1. The van der Waals surface area contributed by atoms with Gasteiger partial charge in [0.15, 0.2) is 34.9 Å². The molecule has 3 aromatic carbocycles. The first kappa shape index (κ1) is 61.0. The number of anilines is 2. The number of benzene rings is 3. The van der Waals surface area contributed by atoms with E-state index in [4.69, 9.17) is 34.3 Å². The lowest BCUT2D eigenvalue weighted by atomic mass is 9.82. The van der Waals surface area contributed by atoms with Gasteiger partial charge in [-0.3, -0.25) is 13.9 Å². The van der Waals surface area contributed by atoms with Gasteiger partial charge in [0.1, 0.15) is 48.6 Å². The number of hydrogen-bond donors (Lipinski definition) is 11. The second-order valence-corrected chi connectivity index (χ2v) is 28.7. The van der Waals surface area contributed by atoms with E-state index < -0.39 is 81.7 Å². The predicted molar refractivity (Wildman–Crippen MR) is 302 cm³/mol. The number of imidazole rings is 1. The van der Waals surface area contributed by atoms with Crippen LogP contribution in [0.25, 0.3) is 16.7 Å². The maximum atomic E-state index is 14.7. The number of carbonyl (C=O) groups excluding carboxylic acids is 2. The van der Waals surface area contributed by atoms with Crippen molar-refractivity contribution in [2.24, 2.45) is 0 Å². The van der Waals surface area contributed by atoms with Gasteiger partial charge in [-0.15, -0.1) is 4.86 Å². The van der Waals surface area contributed by atoms with Crippen LogP contribution in [-0.4, -0.2) is 144 Å². The Bertz CT molecular complexity index is 3940. The van der Waals surface area contributed by atoms with Gasteiger partial charge < -0.3 is 64.7 Å². The van der Waals surface area contributed by atoms with Gasteiger partial charge in [0.2, 0.25) is 21.3 Å². The summed E-state index contributed by atoms with van der Waals surface area (Å²) in [5.41, 5.74) is 13.8. The molecule has 0 saturated carbocycles. The molecule has 8 heterocycles. The number of nitrogens with one attached hydrogen (secondary N) is 4. The Morgan fingerprint density at radius 2 is 1.61 bits per heavy atom.